The Hall–Kier alpha value is -0.930. The van der Waals surface area contributed by atoms with E-state index in [4.69, 9.17) is 0 Å². The Labute approximate surface area is 83.8 Å². The van der Waals surface area contributed by atoms with E-state index in [2.05, 4.69) is 0 Å². The lowest BCUT2D eigenvalue weighted by molar-refractivity contribution is -0.116. The monoisotopic (exact) mass is 196 g/mol. The van der Waals surface area contributed by atoms with E-state index in [-0.39, 0.29) is 11.4 Å². The van der Waals surface area contributed by atoms with Crippen LogP contribution >= 0.6 is 0 Å². The molecule has 0 spiro atoms. The number of rotatable bonds is 3. The summed E-state index contributed by atoms with van der Waals surface area (Å²) in [5.41, 5.74) is -0.992. The molecule has 1 aliphatic carbocycles. The van der Waals surface area contributed by atoms with Gasteiger partial charge < -0.3 is 10.2 Å². The van der Waals surface area contributed by atoms with Crippen LogP contribution in [0, 0.1) is 0 Å². The fourth-order valence-electron chi connectivity index (χ4n) is 1.70. The van der Waals surface area contributed by atoms with Gasteiger partial charge in [-0.25, -0.2) is 0 Å². The van der Waals surface area contributed by atoms with Crippen molar-refractivity contribution in [2.45, 2.75) is 38.4 Å². The van der Waals surface area contributed by atoms with E-state index in [1.807, 2.05) is 6.92 Å². The molecule has 3 nitrogen and oxygen atoms in total. The molecule has 0 saturated carbocycles. The summed E-state index contributed by atoms with van der Waals surface area (Å²) in [6, 6.07) is 0. The smallest absolute Gasteiger partial charge is 0.158 e. The largest absolute Gasteiger partial charge is 0.385 e. The molecule has 2 N–H and O–H groups in total. The van der Waals surface area contributed by atoms with Gasteiger partial charge in [-0.05, 0) is 13.3 Å². The van der Waals surface area contributed by atoms with Crippen LogP contribution < -0.4 is 0 Å². The Morgan fingerprint density at radius 2 is 2.29 bits per heavy atom. The highest BCUT2D eigenvalue weighted by molar-refractivity contribution is 5.95. The third-order valence-electron chi connectivity index (χ3n) is 2.49. The van der Waals surface area contributed by atoms with Crippen molar-refractivity contribution in [2.75, 3.05) is 0 Å². The Morgan fingerprint density at radius 3 is 2.79 bits per heavy atom. The molecular weight excluding hydrogens is 180 g/mol. The summed E-state index contributed by atoms with van der Waals surface area (Å²) >= 11 is 0. The molecular formula is C11H16O3. The summed E-state index contributed by atoms with van der Waals surface area (Å²) in [4.78, 5) is 11.1. The predicted octanol–water partition coefficient (Wildman–Crippen LogP) is 0.964. The van der Waals surface area contributed by atoms with Gasteiger partial charge in [0.25, 0.3) is 0 Å². The van der Waals surface area contributed by atoms with Crippen molar-refractivity contribution in [1.29, 1.82) is 0 Å². The maximum Gasteiger partial charge on any atom is 0.158 e. The fraction of sp³-hybridized carbons (Fsp3) is 0.545. The van der Waals surface area contributed by atoms with Crippen molar-refractivity contribution < 1.29 is 15.0 Å². The minimum atomic E-state index is -1.27. The van der Waals surface area contributed by atoms with E-state index in [1.54, 1.807) is 18.2 Å². The zero-order valence-corrected chi connectivity index (χ0v) is 8.53. The number of aliphatic hydroxyl groups is 2. The van der Waals surface area contributed by atoms with Crippen molar-refractivity contribution in [1.82, 2.24) is 0 Å². The maximum absolute atomic E-state index is 11.1. The molecule has 0 amide bonds. The van der Waals surface area contributed by atoms with E-state index < -0.39 is 11.7 Å². The first-order chi connectivity index (χ1) is 6.51. The first-order valence-electron chi connectivity index (χ1n) is 4.82. The van der Waals surface area contributed by atoms with Crippen LogP contribution in [0.3, 0.4) is 0 Å². The maximum atomic E-state index is 11.1. The Balaban J connectivity index is 2.93. The van der Waals surface area contributed by atoms with E-state index in [1.165, 1.54) is 6.92 Å². The molecule has 78 valence electrons. The normalized spacial score (nSPS) is 31.4. The van der Waals surface area contributed by atoms with Gasteiger partial charge in [-0.2, -0.15) is 0 Å². The minimum absolute atomic E-state index is 0.198. The van der Waals surface area contributed by atoms with Gasteiger partial charge in [0.15, 0.2) is 5.78 Å². The van der Waals surface area contributed by atoms with Crippen LogP contribution in [0.5, 0.6) is 0 Å². The molecule has 0 saturated heterocycles. The van der Waals surface area contributed by atoms with Gasteiger partial charge in [0, 0.05) is 5.57 Å². The van der Waals surface area contributed by atoms with Crippen molar-refractivity contribution in [3.63, 3.8) is 0 Å². The number of ketones is 1. The molecule has 0 aromatic rings. The van der Waals surface area contributed by atoms with E-state index in [0.29, 0.717) is 6.42 Å². The predicted molar refractivity (Wildman–Crippen MR) is 53.8 cm³/mol. The number of allylic oxidation sites excluding steroid dienone is 2. The highest BCUT2D eigenvalue weighted by Gasteiger charge is 2.37. The Bertz CT molecular complexity index is 291. The van der Waals surface area contributed by atoms with Gasteiger partial charge in [0.05, 0.1) is 0 Å². The number of carbonyl (C=O) groups is 1. The van der Waals surface area contributed by atoms with Crippen LogP contribution in [0.4, 0.5) is 0 Å². The number of carbonyl (C=O) groups excluding carboxylic acids is 1. The molecule has 3 heteroatoms. The Morgan fingerprint density at radius 1 is 1.64 bits per heavy atom. The van der Waals surface area contributed by atoms with Crippen LogP contribution in [0.15, 0.2) is 23.8 Å². The van der Waals surface area contributed by atoms with Crippen molar-refractivity contribution >= 4 is 5.78 Å². The van der Waals surface area contributed by atoms with Crippen LogP contribution in [-0.2, 0) is 4.79 Å². The second-order valence-corrected chi connectivity index (χ2v) is 3.68. The van der Waals surface area contributed by atoms with Gasteiger partial charge in [-0.3, -0.25) is 4.79 Å². The zero-order valence-electron chi connectivity index (χ0n) is 8.53. The second kappa shape index (κ2) is 4.07. The number of hydrogen-bond donors (Lipinski definition) is 2. The summed E-state index contributed by atoms with van der Waals surface area (Å²) in [6.07, 6.45) is 4.84. The molecule has 0 heterocycles. The molecule has 2 atom stereocenters. The van der Waals surface area contributed by atoms with E-state index in [0.717, 1.165) is 6.42 Å². The standard InChI is InChI=1S/C11H16O3/c1-3-6-11(14)7-4-5-9(8(2)12)10(11)13/h4-5,7,10,13-14H,3,6H2,1-2H3. The third kappa shape index (κ3) is 1.94. The number of Topliss-reactive ketones (excluding diaryl/α,β-unsaturated/α-hetero) is 1. The zero-order chi connectivity index (χ0) is 10.8. The summed E-state index contributed by atoms with van der Waals surface area (Å²) in [7, 11) is 0. The summed E-state index contributed by atoms with van der Waals surface area (Å²) in [6.45, 7) is 3.31. The molecule has 0 aromatic carbocycles. The first kappa shape index (κ1) is 11.1. The topological polar surface area (TPSA) is 57.5 Å². The minimum Gasteiger partial charge on any atom is -0.385 e. The quantitative estimate of drug-likeness (QED) is 0.707. The number of aliphatic hydroxyl groups excluding tert-OH is 1. The van der Waals surface area contributed by atoms with E-state index >= 15 is 0 Å². The van der Waals surface area contributed by atoms with Crippen molar-refractivity contribution in [3.05, 3.63) is 23.8 Å². The highest BCUT2D eigenvalue weighted by atomic mass is 16.3. The lowest BCUT2D eigenvalue weighted by Crippen LogP contribution is -2.44. The molecule has 0 bridgehead atoms. The number of hydrogen-bond acceptors (Lipinski definition) is 3. The second-order valence-electron chi connectivity index (χ2n) is 3.68. The summed E-state index contributed by atoms with van der Waals surface area (Å²) < 4.78 is 0. The molecule has 0 aliphatic heterocycles. The summed E-state index contributed by atoms with van der Waals surface area (Å²) in [5, 5.41) is 19.8. The molecule has 1 aliphatic rings. The van der Waals surface area contributed by atoms with Crippen molar-refractivity contribution in [3.8, 4) is 0 Å². The van der Waals surface area contributed by atoms with Crippen LogP contribution in [0.25, 0.3) is 0 Å². The highest BCUT2D eigenvalue weighted by Crippen LogP contribution is 2.28. The Kier molecular flexibility index (Phi) is 3.24. The average Bonchev–Trinajstić information content (AvgIpc) is 2.10. The molecule has 0 radical (unpaired) electrons. The third-order valence-corrected chi connectivity index (χ3v) is 2.49. The van der Waals surface area contributed by atoms with Gasteiger partial charge in [-0.1, -0.05) is 31.6 Å². The fourth-order valence-corrected chi connectivity index (χ4v) is 1.70. The van der Waals surface area contributed by atoms with Gasteiger partial charge in [-0.15, -0.1) is 0 Å². The van der Waals surface area contributed by atoms with Crippen LogP contribution in [0.1, 0.15) is 26.7 Å². The first-order valence-corrected chi connectivity index (χ1v) is 4.82. The lowest BCUT2D eigenvalue weighted by atomic mass is 9.82. The molecule has 0 aromatic heterocycles. The lowest BCUT2D eigenvalue weighted by Gasteiger charge is -2.32. The van der Waals surface area contributed by atoms with Crippen molar-refractivity contribution in [2.24, 2.45) is 0 Å². The molecule has 2 unspecified atom stereocenters. The SMILES string of the molecule is CCCC1(O)C=CC=C(C(C)=O)C1O. The molecule has 1 rings (SSSR count). The molecule has 14 heavy (non-hydrogen) atoms. The van der Waals surface area contributed by atoms with Gasteiger partial charge in [0.2, 0.25) is 0 Å². The van der Waals surface area contributed by atoms with Crippen LogP contribution in [-0.4, -0.2) is 27.7 Å². The summed E-state index contributed by atoms with van der Waals surface area (Å²) in [5.74, 6) is -0.198. The van der Waals surface area contributed by atoms with Crippen LogP contribution in [0.2, 0.25) is 0 Å². The van der Waals surface area contributed by atoms with Gasteiger partial charge >= 0.3 is 0 Å². The van der Waals surface area contributed by atoms with Gasteiger partial charge in [0.1, 0.15) is 11.7 Å². The molecule has 0 fully saturated rings. The van der Waals surface area contributed by atoms with E-state index in [9.17, 15) is 15.0 Å². The average molecular weight is 196 g/mol.